The summed E-state index contributed by atoms with van der Waals surface area (Å²) in [6.45, 7) is 4.78. The van der Waals surface area contributed by atoms with Gasteiger partial charge < -0.3 is 50.0 Å². The Balaban J connectivity index is 1.13. The molecule has 3 aliphatic rings. The van der Waals surface area contributed by atoms with Gasteiger partial charge in [0.2, 0.25) is 5.89 Å². The topological polar surface area (TPSA) is 282 Å². The average molecular weight is 786 g/mol. The van der Waals surface area contributed by atoms with Crippen LogP contribution in [0.3, 0.4) is 0 Å². The van der Waals surface area contributed by atoms with Crippen LogP contribution in [0.1, 0.15) is 44.1 Å². The van der Waals surface area contributed by atoms with Gasteiger partial charge in [0, 0.05) is 29.5 Å². The van der Waals surface area contributed by atoms with E-state index >= 15 is 0 Å². The molecule has 3 aromatic heterocycles. The number of fused-ring (bicyclic) bond motifs is 1. The molecule has 6 heterocycles. The third-order valence-corrected chi connectivity index (χ3v) is 11.4. The molecule has 4 aromatic rings. The lowest BCUT2D eigenvalue weighted by molar-refractivity contribution is -0.926. The first-order valence-electron chi connectivity index (χ1n) is 16.0. The molecule has 5 N–H and O–H groups in total. The van der Waals surface area contributed by atoms with Crippen molar-refractivity contribution in [2.45, 2.75) is 50.3 Å². The molecule has 2 atom stereocenters. The lowest BCUT2D eigenvalue weighted by Crippen LogP contribution is -2.70. The van der Waals surface area contributed by atoms with E-state index in [9.17, 15) is 29.7 Å². The fourth-order valence-electron chi connectivity index (χ4n) is 6.28. The highest BCUT2D eigenvalue weighted by Gasteiger charge is 2.54. The number of nitrogen functional groups attached to an aromatic ring is 1. The van der Waals surface area contributed by atoms with Crippen LogP contribution < -0.4 is 21.3 Å². The van der Waals surface area contributed by atoms with Crippen molar-refractivity contribution in [2.75, 3.05) is 31.1 Å². The maximum Gasteiger partial charge on any atom is 0.276 e. The maximum atomic E-state index is 13.9. The van der Waals surface area contributed by atoms with E-state index in [1.165, 1.54) is 48.0 Å². The first kappa shape index (κ1) is 36.1. The van der Waals surface area contributed by atoms with Gasteiger partial charge >= 0.3 is 0 Å². The number of benzene rings is 1. The summed E-state index contributed by atoms with van der Waals surface area (Å²) in [5.74, 6) is -2.72. The van der Waals surface area contributed by atoms with E-state index in [4.69, 9.17) is 26.6 Å². The van der Waals surface area contributed by atoms with E-state index in [0.717, 1.165) is 42.8 Å². The molecular weight excluding hydrogens is 756 g/mol. The SMILES string of the molecule is CC(C)(O/N=C(\C(=O)N[C@@H]1C(=O)N2C(c3nnn[n-]3)=C(C[N+]3(Cc4nnc(-c5ccc(O)c(O)c5Cl)o4)CCCC3)CS[C@H]12)c1csc(N)n1)C(=O)[O-]. The van der Waals surface area contributed by atoms with Crippen molar-refractivity contribution in [2.24, 2.45) is 5.16 Å². The van der Waals surface area contributed by atoms with Crippen LogP contribution in [0.2, 0.25) is 5.02 Å². The molecule has 7 rings (SSSR count). The standard InChI is InChI=1S/C30H31ClN12O8S2/c1-30(2,28(48)49)51-39-19(15-12-53-29(32)33-15)24(46)34-20-26(47)42-21(23-36-40-41-37-23)13(11-52-27(20)42)9-43(7-3-4-8-43)10-17-35-38-25(50-17)14-5-6-16(44)22(45)18(14)31/h5-6,12,20,27H,3-4,7-11H2,1-2H3,(H6-,32,33,34,36,37,38,39,40,41,44,45,46,48,49)/p-1/t20-,27-/m1/s1. The molecule has 2 amide bonds. The molecule has 23 heteroatoms. The van der Waals surface area contributed by atoms with Crippen molar-refractivity contribution in [3.63, 3.8) is 0 Å². The number of phenolic OH excluding ortho intramolecular Hbond substituents is 2. The number of aromatic nitrogens is 7. The lowest BCUT2D eigenvalue weighted by atomic mass is 10.0. The average Bonchev–Trinajstić information content (AvgIpc) is 3.96. The van der Waals surface area contributed by atoms with E-state index < -0.39 is 40.5 Å². The van der Waals surface area contributed by atoms with Gasteiger partial charge in [-0.15, -0.1) is 33.3 Å². The Hall–Kier alpha value is -5.32. The third kappa shape index (κ3) is 6.84. The molecule has 0 unspecified atom stereocenters. The highest BCUT2D eigenvalue weighted by molar-refractivity contribution is 8.00. The Bertz CT molecular complexity index is 2150. The normalized spacial score (nSPS) is 19.9. The summed E-state index contributed by atoms with van der Waals surface area (Å²) in [4.78, 5) is 49.7. The van der Waals surface area contributed by atoms with Gasteiger partial charge in [0.05, 0.1) is 41.2 Å². The number of thioether (sulfide) groups is 1. The zero-order valence-electron chi connectivity index (χ0n) is 27.9. The van der Waals surface area contributed by atoms with Gasteiger partial charge in [-0.1, -0.05) is 16.8 Å². The number of tetrazole rings is 1. The number of oxime groups is 1. The number of halogens is 1. The van der Waals surface area contributed by atoms with Crippen molar-refractivity contribution in [1.29, 1.82) is 0 Å². The molecule has 20 nitrogen and oxygen atoms in total. The van der Waals surface area contributed by atoms with Crippen LogP contribution in [0.15, 0.2) is 32.7 Å². The number of nitrogens with zero attached hydrogens (tertiary/aromatic N) is 10. The van der Waals surface area contributed by atoms with Crippen LogP contribution in [0.25, 0.3) is 17.2 Å². The number of aliphatic carboxylic acids is 1. The molecule has 0 saturated carbocycles. The number of hydrogen-bond acceptors (Lipinski definition) is 18. The van der Waals surface area contributed by atoms with Gasteiger partial charge in [0.25, 0.3) is 17.7 Å². The summed E-state index contributed by atoms with van der Waals surface area (Å²) in [5, 5.41) is 62.6. The predicted octanol–water partition coefficient (Wildman–Crippen LogP) is -0.147. The lowest BCUT2D eigenvalue weighted by Gasteiger charge is -2.51. The summed E-state index contributed by atoms with van der Waals surface area (Å²) in [6.07, 6.45) is 1.87. The van der Waals surface area contributed by atoms with Gasteiger partial charge in [-0.2, -0.15) is 5.21 Å². The molecule has 0 bridgehead atoms. The Kier molecular flexibility index (Phi) is 9.46. The summed E-state index contributed by atoms with van der Waals surface area (Å²) in [7, 11) is 0. The van der Waals surface area contributed by atoms with Crippen molar-refractivity contribution >= 4 is 69.0 Å². The number of carboxylic acids is 1. The van der Waals surface area contributed by atoms with Gasteiger partial charge in [0.15, 0.2) is 34.5 Å². The van der Waals surface area contributed by atoms with Crippen molar-refractivity contribution in [3.8, 4) is 23.0 Å². The number of amides is 2. The Morgan fingerprint density at radius 1 is 1.25 bits per heavy atom. The van der Waals surface area contributed by atoms with Crippen LogP contribution in [0.5, 0.6) is 11.5 Å². The number of thiazole rings is 1. The molecule has 2 saturated heterocycles. The molecule has 2 fully saturated rings. The quantitative estimate of drug-likeness (QED) is 0.0478. The van der Waals surface area contributed by atoms with Gasteiger partial charge in [-0.3, -0.25) is 24.8 Å². The molecule has 0 aliphatic carbocycles. The zero-order valence-corrected chi connectivity index (χ0v) is 30.3. The Morgan fingerprint density at radius 3 is 2.70 bits per heavy atom. The number of carbonyl (C=O) groups is 3. The van der Waals surface area contributed by atoms with Crippen molar-refractivity contribution in [1.82, 2.24) is 46.0 Å². The van der Waals surface area contributed by atoms with Gasteiger partial charge in [-0.05, 0) is 26.0 Å². The van der Waals surface area contributed by atoms with Crippen LogP contribution in [0, 0.1) is 0 Å². The zero-order chi connectivity index (χ0) is 37.7. The predicted molar refractivity (Wildman–Crippen MR) is 184 cm³/mol. The number of aromatic hydroxyl groups is 2. The summed E-state index contributed by atoms with van der Waals surface area (Å²) >= 11 is 8.69. The summed E-state index contributed by atoms with van der Waals surface area (Å²) in [6, 6.07) is 1.74. The van der Waals surface area contributed by atoms with Gasteiger partial charge in [0.1, 0.15) is 23.7 Å². The largest absolute Gasteiger partial charge is 0.546 e. The highest BCUT2D eigenvalue weighted by atomic mass is 35.5. The Labute approximate surface area is 312 Å². The first-order chi connectivity index (χ1) is 25.3. The first-order valence-corrected chi connectivity index (χ1v) is 18.3. The molecule has 278 valence electrons. The number of likely N-dealkylation sites (tertiary alicyclic amines) is 1. The second kappa shape index (κ2) is 13.9. The van der Waals surface area contributed by atoms with Crippen LogP contribution in [-0.4, -0.2) is 116 Å². The molecular formula is C30H30ClN12O8S2-. The van der Waals surface area contributed by atoms with E-state index in [-0.39, 0.29) is 44.6 Å². The number of rotatable bonds is 12. The van der Waals surface area contributed by atoms with Crippen LogP contribution in [-0.2, 0) is 25.8 Å². The van der Waals surface area contributed by atoms with E-state index in [0.29, 0.717) is 34.9 Å². The minimum absolute atomic E-state index is 0.0292. The number of anilines is 1. The second-order valence-electron chi connectivity index (χ2n) is 13.0. The number of β-lactam (4-membered cyclic amide) rings is 1. The van der Waals surface area contributed by atoms with E-state index in [2.05, 4.69) is 46.3 Å². The number of carboxylic acid groups (broad SMARTS) is 1. The number of carbonyl (C=O) groups excluding carboxylic acids is 3. The monoisotopic (exact) mass is 785 g/mol. The smallest absolute Gasteiger partial charge is 0.276 e. The number of phenols is 2. The molecule has 0 spiro atoms. The van der Waals surface area contributed by atoms with Crippen LogP contribution in [0.4, 0.5) is 5.13 Å². The van der Waals surface area contributed by atoms with Gasteiger partial charge in [-0.25, -0.2) is 4.98 Å². The molecule has 53 heavy (non-hydrogen) atoms. The second-order valence-corrected chi connectivity index (χ2v) is 15.4. The highest BCUT2D eigenvalue weighted by Crippen LogP contribution is 2.45. The van der Waals surface area contributed by atoms with E-state index in [1.807, 2.05) is 0 Å². The fourth-order valence-corrected chi connectivity index (χ4v) is 8.40. The number of hydrogen-bond donors (Lipinski definition) is 4. The molecule has 0 radical (unpaired) electrons. The maximum absolute atomic E-state index is 13.9. The number of nitrogens with two attached hydrogens (primary N) is 1. The minimum Gasteiger partial charge on any atom is -0.546 e. The third-order valence-electron chi connectivity index (χ3n) is 9.00. The molecule has 3 aliphatic heterocycles. The summed E-state index contributed by atoms with van der Waals surface area (Å²) < 4.78 is 6.51. The fraction of sp³-hybridized carbons (Fsp3) is 0.400. The van der Waals surface area contributed by atoms with E-state index in [1.54, 1.807) is 0 Å². The van der Waals surface area contributed by atoms with Crippen molar-refractivity contribution in [3.05, 3.63) is 45.5 Å². The molecule has 1 aromatic carbocycles. The number of nitrogens with one attached hydrogen (secondary N) is 1. The number of quaternary nitrogens is 1. The summed E-state index contributed by atoms with van der Waals surface area (Å²) in [5.41, 5.74) is 5.11. The van der Waals surface area contributed by atoms with Crippen molar-refractivity contribution < 1.29 is 43.4 Å². The minimum atomic E-state index is -1.88. The Morgan fingerprint density at radius 2 is 2.02 bits per heavy atom. The van der Waals surface area contributed by atoms with Crippen LogP contribution >= 0.6 is 34.7 Å².